The maximum atomic E-state index is 5.47. The largest absolute Gasteiger partial charge is 0.379 e. The highest BCUT2D eigenvalue weighted by Crippen LogP contribution is 2.14. The number of rotatable bonds is 10. The van der Waals surface area contributed by atoms with Crippen molar-refractivity contribution in [1.82, 2.24) is 30.3 Å². The lowest BCUT2D eigenvalue weighted by atomic mass is 10.1. The molecule has 1 aliphatic heterocycles. The first-order valence-electron chi connectivity index (χ1n) is 11.1. The van der Waals surface area contributed by atoms with E-state index in [9.17, 15) is 0 Å². The van der Waals surface area contributed by atoms with Gasteiger partial charge >= 0.3 is 0 Å². The maximum absolute atomic E-state index is 5.47. The molecule has 0 aliphatic carbocycles. The molecule has 0 amide bonds. The van der Waals surface area contributed by atoms with Gasteiger partial charge in [-0.25, -0.2) is 4.99 Å². The van der Waals surface area contributed by atoms with Crippen molar-refractivity contribution >= 4 is 29.9 Å². The molecule has 176 valence electrons. The van der Waals surface area contributed by atoms with Crippen LogP contribution in [-0.4, -0.2) is 65.0 Å². The van der Waals surface area contributed by atoms with Gasteiger partial charge in [0.2, 0.25) is 0 Å². The Balaban J connectivity index is 0.00000363. The summed E-state index contributed by atoms with van der Waals surface area (Å²) < 4.78 is 7.55. The second-order valence-corrected chi connectivity index (χ2v) is 7.85. The third-order valence-electron chi connectivity index (χ3n) is 5.24. The Kier molecular flexibility index (Phi) is 11.7. The van der Waals surface area contributed by atoms with Crippen LogP contribution in [0, 0.1) is 0 Å². The third kappa shape index (κ3) is 8.51. The van der Waals surface area contributed by atoms with Crippen LogP contribution in [0.25, 0.3) is 0 Å². The Bertz CT molecular complexity index is 862. The average Bonchev–Trinajstić information content (AvgIpc) is 3.24. The van der Waals surface area contributed by atoms with Crippen molar-refractivity contribution in [3.63, 3.8) is 0 Å². The lowest BCUT2D eigenvalue weighted by Crippen LogP contribution is -2.39. The zero-order chi connectivity index (χ0) is 21.9. The van der Waals surface area contributed by atoms with E-state index in [0.717, 1.165) is 69.7 Å². The highest BCUT2D eigenvalue weighted by Gasteiger charge is 2.12. The molecule has 1 aromatic heterocycles. The number of morpholine rings is 1. The van der Waals surface area contributed by atoms with Gasteiger partial charge in [-0.1, -0.05) is 43.3 Å². The molecule has 0 atom stereocenters. The molecule has 2 N–H and O–H groups in total. The molecule has 2 heterocycles. The Morgan fingerprint density at radius 2 is 1.94 bits per heavy atom. The SMILES string of the molecule is C=C(C)CNC(=NCc1ccccc1CN1CCOCC1)NCCn1cnnc1CC.I. The Labute approximate surface area is 208 Å². The highest BCUT2D eigenvalue weighted by atomic mass is 127. The highest BCUT2D eigenvalue weighted by molar-refractivity contribution is 14.0. The summed E-state index contributed by atoms with van der Waals surface area (Å²) in [5.41, 5.74) is 3.64. The van der Waals surface area contributed by atoms with Crippen LogP contribution < -0.4 is 10.6 Å². The van der Waals surface area contributed by atoms with Gasteiger partial charge in [0, 0.05) is 45.7 Å². The number of aliphatic imine (C=N–C) groups is 1. The molecule has 0 radical (unpaired) electrons. The van der Waals surface area contributed by atoms with E-state index in [4.69, 9.17) is 9.73 Å². The van der Waals surface area contributed by atoms with Crippen molar-refractivity contribution < 1.29 is 4.74 Å². The van der Waals surface area contributed by atoms with Gasteiger partial charge in [0.05, 0.1) is 19.8 Å². The van der Waals surface area contributed by atoms with Crippen molar-refractivity contribution in [1.29, 1.82) is 0 Å². The fourth-order valence-electron chi connectivity index (χ4n) is 3.47. The minimum Gasteiger partial charge on any atom is -0.379 e. The van der Waals surface area contributed by atoms with Crippen molar-refractivity contribution in [2.75, 3.05) is 39.4 Å². The fraction of sp³-hybridized carbons (Fsp3) is 0.522. The zero-order valence-corrected chi connectivity index (χ0v) is 21.5. The fourth-order valence-corrected chi connectivity index (χ4v) is 3.47. The molecule has 8 nitrogen and oxygen atoms in total. The zero-order valence-electron chi connectivity index (χ0n) is 19.2. The maximum Gasteiger partial charge on any atom is 0.191 e. The predicted octanol–water partition coefficient (Wildman–Crippen LogP) is 2.60. The van der Waals surface area contributed by atoms with E-state index in [1.54, 1.807) is 6.33 Å². The molecule has 3 rings (SSSR count). The number of hydrogen-bond acceptors (Lipinski definition) is 5. The van der Waals surface area contributed by atoms with Crippen LogP contribution in [0.3, 0.4) is 0 Å². The third-order valence-corrected chi connectivity index (χ3v) is 5.24. The van der Waals surface area contributed by atoms with Crippen LogP contribution in [0.5, 0.6) is 0 Å². The summed E-state index contributed by atoms with van der Waals surface area (Å²) in [5, 5.41) is 14.9. The molecule has 1 fully saturated rings. The molecule has 2 aromatic rings. The van der Waals surface area contributed by atoms with Crippen LogP contribution in [0.15, 0.2) is 47.7 Å². The second kappa shape index (κ2) is 14.2. The number of halogens is 1. The number of nitrogens with one attached hydrogen (secondary N) is 2. The lowest BCUT2D eigenvalue weighted by Gasteiger charge is -2.27. The first-order chi connectivity index (χ1) is 15.2. The average molecular weight is 553 g/mol. The number of nitrogens with zero attached hydrogens (tertiary/aromatic N) is 5. The minimum atomic E-state index is 0. The van der Waals surface area contributed by atoms with E-state index in [-0.39, 0.29) is 24.0 Å². The van der Waals surface area contributed by atoms with Gasteiger partial charge in [-0.2, -0.15) is 0 Å². The van der Waals surface area contributed by atoms with Gasteiger partial charge in [0.15, 0.2) is 5.96 Å². The summed E-state index contributed by atoms with van der Waals surface area (Å²) in [6.45, 7) is 15.4. The molecular formula is C23H36IN7O. The number of benzene rings is 1. The van der Waals surface area contributed by atoms with Crippen molar-refractivity contribution in [3.05, 3.63) is 59.7 Å². The summed E-state index contributed by atoms with van der Waals surface area (Å²) in [5.74, 6) is 1.78. The normalized spacial score (nSPS) is 14.6. The first kappa shape index (κ1) is 26.3. The van der Waals surface area contributed by atoms with Crippen LogP contribution >= 0.6 is 24.0 Å². The van der Waals surface area contributed by atoms with E-state index >= 15 is 0 Å². The molecule has 0 bridgehead atoms. The van der Waals surface area contributed by atoms with Crippen LogP contribution in [-0.2, 0) is 30.8 Å². The van der Waals surface area contributed by atoms with Crippen LogP contribution in [0.2, 0.25) is 0 Å². The Morgan fingerprint density at radius 3 is 2.66 bits per heavy atom. The summed E-state index contributed by atoms with van der Waals surface area (Å²) in [6.07, 6.45) is 2.65. The van der Waals surface area contributed by atoms with E-state index in [1.165, 1.54) is 11.1 Å². The van der Waals surface area contributed by atoms with Crippen LogP contribution in [0.1, 0.15) is 30.8 Å². The molecule has 1 aliphatic rings. The second-order valence-electron chi connectivity index (χ2n) is 7.85. The summed E-state index contributed by atoms with van der Waals surface area (Å²) >= 11 is 0. The molecule has 0 saturated carbocycles. The number of aryl methyl sites for hydroxylation is 1. The Morgan fingerprint density at radius 1 is 1.19 bits per heavy atom. The number of ether oxygens (including phenoxy) is 1. The van der Waals surface area contributed by atoms with Gasteiger partial charge in [0.25, 0.3) is 0 Å². The van der Waals surface area contributed by atoms with E-state index < -0.39 is 0 Å². The molecule has 0 unspecified atom stereocenters. The smallest absolute Gasteiger partial charge is 0.191 e. The standard InChI is InChI=1S/C23H35N7O.HI/c1-4-22-28-27-18-30(22)10-9-24-23(25-15-19(2)3)26-16-20-7-5-6-8-21(20)17-29-11-13-31-14-12-29;/h5-8,18H,2,4,9-17H2,1,3H3,(H2,24,25,26);1H. The summed E-state index contributed by atoms with van der Waals surface area (Å²) in [6, 6.07) is 8.56. The minimum absolute atomic E-state index is 0. The molecule has 1 saturated heterocycles. The quantitative estimate of drug-likeness (QED) is 0.204. The summed E-state index contributed by atoms with van der Waals surface area (Å²) in [4.78, 5) is 7.29. The van der Waals surface area contributed by atoms with Crippen LogP contribution in [0.4, 0.5) is 0 Å². The van der Waals surface area contributed by atoms with Gasteiger partial charge in [0.1, 0.15) is 12.2 Å². The Hall–Kier alpha value is -1.98. The topological polar surface area (TPSA) is 79.6 Å². The monoisotopic (exact) mass is 553 g/mol. The lowest BCUT2D eigenvalue weighted by molar-refractivity contribution is 0.0341. The first-order valence-corrected chi connectivity index (χ1v) is 11.1. The predicted molar refractivity (Wildman–Crippen MR) is 139 cm³/mol. The van der Waals surface area contributed by atoms with Gasteiger partial charge in [-0.05, 0) is 18.1 Å². The van der Waals surface area contributed by atoms with Gasteiger partial charge in [-0.15, -0.1) is 34.2 Å². The number of hydrogen-bond donors (Lipinski definition) is 2. The van der Waals surface area contributed by atoms with E-state index in [0.29, 0.717) is 13.1 Å². The summed E-state index contributed by atoms with van der Waals surface area (Å²) in [7, 11) is 0. The van der Waals surface area contributed by atoms with E-state index in [1.807, 2.05) is 6.92 Å². The van der Waals surface area contributed by atoms with E-state index in [2.05, 4.69) is 68.1 Å². The molecule has 1 aromatic carbocycles. The molecule has 0 spiro atoms. The van der Waals surface area contributed by atoms with Crippen molar-refractivity contribution in [2.24, 2.45) is 4.99 Å². The van der Waals surface area contributed by atoms with Gasteiger partial charge in [-0.3, -0.25) is 4.90 Å². The molecule has 32 heavy (non-hydrogen) atoms. The molecular weight excluding hydrogens is 517 g/mol. The number of aromatic nitrogens is 3. The van der Waals surface area contributed by atoms with Gasteiger partial charge < -0.3 is 19.9 Å². The molecule has 9 heteroatoms. The van der Waals surface area contributed by atoms with Crippen molar-refractivity contribution in [3.8, 4) is 0 Å². The van der Waals surface area contributed by atoms with Crippen molar-refractivity contribution in [2.45, 2.75) is 39.9 Å². The number of guanidine groups is 1.